The zero-order valence-corrected chi connectivity index (χ0v) is 22.5. The van der Waals surface area contributed by atoms with E-state index in [-0.39, 0.29) is 17.9 Å². The summed E-state index contributed by atoms with van der Waals surface area (Å²) in [6.45, 7) is 5.56. The number of aromatic nitrogens is 2. The van der Waals surface area contributed by atoms with Crippen molar-refractivity contribution in [2.24, 2.45) is 0 Å². The molecule has 0 spiro atoms. The van der Waals surface area contributed by atoms with Gasteiger partial charge < -0.3 is 19.9 Å². The maximum atomic E-state index is 13.5. The van der Waals surface area contributed by atoms with Crippen LogP contribution in [-0.4, -0.2) is 65.1 Å². The Hall–Kier alpha value is -3.23. The summed E-state index contributed by atoms with van der Waals surface area (Å²) in [5.41, 5.74) is 0.445. The smallest absolute Gasteiger partial charge is 0.262 e. The summed E-state index contributed by atoms with van der Waals surface area (Å²) < 4.78 is 5.81. The molecular weight excluding hydrogens is 478 g/mol. The Balaban J connectivity index is 1.29. The van der Waals surface area contributed by atoms with E-state index in [4.69, 9.17) is 4.74 Å². The number of aromatic amines is 1. The number of benzene rings is 2. The SMILES string of the molecule is COC(C)(C(=O)Nc1cc(C2CCCCN2C(=O)CCN2CCCCC2)[nH]n1)c1cccc2ccccc12. The van der Waals surface area contributed by atoms with Crippen LogP contribution in [0.4, 0.5) is 5.82 Å². The van der Waals surface area contributed by atoms with Crippen molar-refractivity contribution in [3.05, 3.63) is 59.8 Å². The van der Waals surface area contributed by atoms with E-state index < -0.39 is 5.60 Å². The van der Waals surface area contributed by atoms with Gasteiger partial charge in [0.2, 0.25) is 5.91 Å². The lowest BCUT2D eigenvalue weighted by molar-refractivity contribution is -0.137. The minimum atomic E-state index is -1.21. The fourth-order valence-electron chi connectivity index (χ4n) is 5.91. The molecule has 2 atom stereocenters. The standard InChI is InChI=1S/C30H39N5O3/c1-30(38-2,24-14-10-12-22-11-4-5-13-23(22)24)29(37)31-27-21-25(32-33-27)26-15-6-9-19-35(26)28(36)16-20-34-17-7-3-8-18-34/h4-5,10-14,21,26H,3,6-9,15-20H2,1-2H3,(H2,31,32,33,37). The van der Waals surface area contributed by atoms with Gasteiger partial charge in [-0.3, -0.25) is 14.7 Å². The molecule has 3 heterocycles. The first kappa shape index (κ1) is 26.4. The van der Waals surface area contributed by atoms with E-state index >= 15 is 0 Å². The number of H-pyrrole nitrogens is 1. The Labute approximate surface area is 224 Å². The number of hydrogen-bond acceptors (Lipinski definition) is 5. The highest BCUT2D eigenvalue weighted by atomic mass is 16.5. The molecule has 5 rings (SSSR count). The van der Waals surface area contributed by atoms with Gasteiger partial charge in [-0.15, -0.1) is 0 Å². The quantitative estimate of drug-likeness (QED) is 0.439. The Morgan fingerprint density at radius 2 is 1.82 bits per heavy atom. The molecule has 2 unspecified atom stereocenters. The molecule has 8 nitrogen and oxygen atoms in total. The molecule has 2 fully saturated rings. The molecule has 1 aromatic heterocycles. The number of nitrogens with one attached hydrogen (secondary N) is 2. The van der Waals surface area contributed by atoms with Gasteiger partial charge >= 0.3 is 0 Å². The number of fused-ring (bicyclic) bond motifs is 1. The molecule has 2 amide bonds. The van der Waals surface area contributed by atoms with Gasteiger partial charge in [-0.1, -0.05) is 48.9 Å². The summed E-state index contributed by atoms with van der Waals surface area (Å²) in [6.07, 6.45) is 7.26. The largest absolute Gasteiger partial charge is 0.364 e. The Morgan fingerprint density at radius 1 is 1.05 bits per heavy atom. The average molecular weight is 518 g/mol. The summed E-state index contributed by atoms with van der Waals surface area (Å²) in [5.74, 6) is 0.329. The Kier molecular flexibility index (Phi) is 8.09. The van der Waals surface area contributed by atoms with Crippen molar-refractivity contribution in [3.63, 3.8) is 0 Å². The molecule has 0 aliphatic carbocycles. The lowest BCUT2D eigenvalue weighted by Crippen LogP contribution is -2.41. The van der Waals surface area contributed by atoms with Crippen LogP contribution in [-0.2, 0) is 19.9 Å². The van der Waals surface area contributed by atoms with Gasteiger partial charge in [0.1, 0.15) is 0 Å². The summed E-state index contributed by atoms with van der Waals surface area (Å²) in [7, 11) is 1.55. The number of carbonyl (C=O) groups is 2. The van der Waals surface area contributed by atoms with Crippen LogP contribution in [0.1, 0.15) is 69.2 Å². The van der Waals surface area contributed by atoms with Gasteiger partial charge in [0, 0.05) is 38.2 Å². The summed E-state index contributed by atoms with van der Waals surface area (Å²) in [5, 5.41) is 12.5. The van der Waals surface area contributed by atoms with E-state index in [0.717, 1.165) is 67.5 Å². The molecule has 2 aliphatic rings. The highest BCUT2D eigenvalue weighted by Crippen LogP contribution is 2.34. The molecule has 38 heavy (non-hydrogen) atoms. The number of hydrogen-bond donors (Lipinski definition) is 2. The fraction of sp³-hybridized carbons (Fsp3) is 0.500. The van der Waals surface area contributed by atoms with Crippen molar-refractivity contribution in [1.29, 1.82) is 0 Å². The Bertz CT molecular complexity index is 1260. The highest BCUT2D eigenvalue weighted by molar-refractivity contribution is 6.00. The Morgan fingerprint density at radius 3 is 2.63 bits per heavy atom. The topological polar surface area (TPSA) is 90.6 Å². The van der Waals surface area contributed by atoms with E-state index in [2.05, 4.69) is 20.4 Å². The molecule has 0 saturated carbocycles. The summed E-state index contributed by atoms with van der Waals surface area (Å²) in [6, 6.07) is 15.7. The number of nitrogens with zero attached hydrogens (tertiary/aromatic N) is 3. The predicted molar refractivity (Wildman–Crippen MR) is 149 cm³/mol. The highest BCUT2D eigenvalue weighted by Gasteiger charge is 2.37. The summed E-state index contributed by atoms with van der Waals surface area (Å²) in [4.78, 5) is 31.2. The van der Waals surface area contributed by atoms with Crippen LogP contribution in [0.5, 0.6) is 0 Å². The lowest BCUT2D eigenvalue weighted by Gasteiger charge is -2.36. The number of rotatable bonds is 8. The van der Waals surface area contributed by atoms with E-state index in [1.165, 1.54) is 19.3 Å². The molecule has 0 radical (unpaired) electrons. The second-order valence-electron chi connectivity index (χ2n) is 10.7. The maximum Gasteiger partial charge on any atom is 0.262 e. The second-order valence-corrected chi connectivity index (χ2v) is 10.7. The van der Waals surface area contributed by atoms with Crippen LogP contribution in [0, 0.1) is 0 Å². The monoisotopic (exact) mass is 517 g/mol. The lowest BCUT2D eigenvalue weighted by atomic mass is 9.90. The van der Waals surface area contributed by atoms with E-state index in [9.17, 15) is 9.59 Å². The third-order valence-corrected chi connectivity index (χ3v) is 8.26. The first-order valence-electron chi connectivity index (χ1n) is 13.9. The third kappa shape index (κ3) is 5.47. The van der Waals surface area contributed by atoms with Crippen molar-refractivity contribution >= 4 is 28.4 Å². The molecule has 202 valence electrons. The van der Waals surface area contributed by atoms with E-state index in [0.29, 0.717) is 12.2 Å². The van der Waals surface area contributed by atoms with Crippen LogP contribution < -0.4 is 5.32 Å². The molecule has 2 saturated heterocycles. The van der Waals surface area contributed by atoms with Gasteiger partial charge in [0.25, 0.3) is 5.91 Å². The molecule has 2 N–H and O–H groups in total. The average Bonchev–Trinajstić information content (AvgIpc) is 3.44. The number of anilines is 1. The van der Waals surface area contributed by atoms with Crippen LogP contribution in [0.15, 0.2) is 48.5 Å². The molecule has 8 heteroatoms. The van der Waals surface area contributed by atoms with Crippen LogP contribution in [0.25, 0.3) is 10.8 Å². The van der Waals surface area contributed by atoms with Gasteiger partial charge in [-0.05, 0) is 62.9 Å². The normalized spacial score (nSPS) is 20.3. The van der Waals surface area contributed by atoms with Crippen LogP contribution in [0.2, 0.25) is 0 Å². The van der Waals surface area contributed by atoms with Crippen molar-refractivity contribution in [3.8, 4) is 0 Å². The van der Waals surface area contributed by atoms with Crippen LogP contribution in [0.3, 0.4) is 0 Å². The van der Waals surface area contributed by atoms with Crippen molar-refractivity contribution < 1.29 is 14.3 Å². The molecule has 2 aliphatic heterocycles. The molecule has 0 bridgehead atoms. The van der Waals surface area contributed by atoms with Crippen molar-refractivity contribution in [1.82, 2.24) is 20.0 Å². The number of amides is 2. The van der Waals surface area contributed by atoms with Gasteiger partial charge in [0.05, 0.1) is 11.7 Å². The van der Waals surface area contributed by atoms with Gasteiger partial charge in [-0.2, -0.15) is 5.10 Å². The first-order valence-corrected chi connectivity index (χ1v) is 13.9. The maximum absolute atomic E-state index is 13.5. The molecular formula is C30H39N5O3. The molecule has 3 aromatic rings. The van der Waals surface area contributed by atoms with Gasteiger partial charge in [-0.25, -0.2) is 0 Å². The fourth-order valence-corrected chi connectivity index (χ4v) is 5.91. The van der Waals surface area contributed by atoms with E-state index in [1.807, 2.05) is 53.4 Å². The predicted octanol–water partition coefficient (Wildman–Crippen LogP) is 4.99. The van der Waals surface area contributed by atoms with Crippen molar-refractivity contribution in [2.75, 3.05) is 38.6 Å². The summed E-state index contributed by atoms with van der Waals surface area (Å²) >= 11 is 0. The van der Waals surface area contributed by atoms with Crippen molar-refractivity contribution in [2.45, 2.75) is 63.5 Å². The number of ether oxygens (including phenoxy) is 1. The first-order chi connectivity index (χ1) is 18.5. The number of carbonyl (C=O) groups excluding carboxylic acids is 2. The minimum absolute atomic E-state index is 0.0531. The molecule has 2 aromatic carbocycles. The second kappa shape index (κ2) is 11.7. The third-order valence-electron chi connectivity index (χ3n) is 8.26. The van der Waals surface area contributed by atoms with E-state index in [1.54, 1.807) is 14.0 Å². The number of piperidine rings is 2. The minimum Gasteiger partial charge on any atom is -0.364 e. The number of methoxy groups -OCH3 is 1. The zero-order valence-electron chi connectivity index (χ0n) is 22.5. The van der Waals surface area contributed by atoms with Crippen LogP contribution >= 0.6 is 0 Å². The zero-order chi connectivity index (χ0) is 26.5. The van der Waals surface area contributed by atoms with Gasteiger partial charge in [0.15, 0.2) is 11.4 Å². The number of likely N-dealkylation sites (tertiary alicyclic amines) is 2.